The van der Waals surface area contributed by atoms with Crippen molar-refractivity contribution in [2.45, 2.75) is 6.92 Å². The fraction of sp³-hybridized carbons (Fsp3) is 0.133. The minimum atomic E-state index is 0.540. The fourth-order valence-corrected chi connectivity index (χ4v) is 2.51. The van der Waals surface area contributed by atoms with Gasteiger partial charge in [0.2, 0.25) is 0 Å². The van der Waals surface area contributed by atoms with Crippen LogP contribution in [0.15, 0.2) is 36.5 Å². The Kier molecular flexibility index (Phi) is 3.03. The summed E-state index contributed by atoms with van der Waals surface area (Å²) in [6, 6.07) is 9.48. The number of halogens is 1. The van der Waals surface area contributed by atoms with Crippen molar-refractivity contribution in [2.75, 3.05) is 12.8 Å². The van der Waals surface area contributed by atoms with Gasteiger partial charge in [0.05, 0.1) is 12.1 Å². The van der Waals surface area contributed by atoms with Crippen LogP contribution < -0.4 is 10.5 Å². The lowest BCUT2D eigenvalue weighted by Crippen LogP contribution is -1.94. The summed E-state index contributed by atoms with van der Waals surface area (Å²) in [5.74, 6) is 1.24. The van der Waals surface area contributed by atoms with E-state index in [1.54, 1.807) is 7.11 Å². The van der Waals surface area contributed by atoms with Crippen LogP contribution in [0, 0.1) is 6.92 Å². The van der Waals surface area contributed by atoms with Gasteiger partial charge in [-0.05, 0) is 36.8 Å². The van der Waals surface area contributed by atoms with Crippen molar-refractivity contribution in [3.63, 3.8) is 0 Å². The number of hydrogen-bond donors (Lipinski definition) is 1. The highest BCUT2D eigenvalue weighted by Crippen LogP contribution is 2.33. The molecule has 5 heteroatoms. The van der Waals surface area contributed by atoms with Crippen molar-refractivity contribution in [1.29, 1.82) is 0 Å². The number of rotatable bonds is 2. The van der Waals surface area contributed by atoms with Crippen LogP contribution in [0.5, 0.6) is 5.75 Å². The van der Waals surface area contributed by atoms with Crippen molar-refractivity contribution < 1.29 is 4.74 Å². The normalized spacial score (nSPS) is 10.9. The molecule has 0 aliphatic heterocycles. The lowest BCUT2D eigenvalue weighted by Gasteiger charge is -2.05. The summed E-state index contributed by atoms with van der Waals surface area (Å²) in [5.41, 5.74) is 9.71. The van der Waals surface area contributed by atoms with Gasteiger partial charge < -0.3 is 10.5 Å². The van der Waals surface area contributed by atoms with Crippen LogP contribution in [0.25, 0.3) is 16.9 Å². The van der Waals surface area contributed by atoms with E-state index in [4.69, 9.17) is 22.1 Å². The first-order valence-electron chi connectivity index (χ1n) is 6.19. The highest BCUT2D eigenvalue weighted by molar-refractivity contribution is 6.32. The number of nitrogens with zero attached hydrogens (tertiary/aromatic N) is 2. The van der Waals surface area contributed by atoms with E-state index < -0.39 is 0 Å². The molecule has 2 N–H and O–H groups in total. The van der Waals surface area contributed by atoms with E-state index in [0.717, 1.165) is 22.5 Å². The first-order valence-corrected chi connectivity index (χ1v) is 6.56. The topological polar surface area (TPSA) is 52.5 Å². The zero-order valence-electron chi connectivity index (χ0n) is 11.2. The highest BCUT2D eigenvalue weighted by atomic mass is 35.5. The molecule has 1 aromatic carbocycles. The molecule has 0 spiro atoms. The van der Waals surface area contributed by atoms with E-state index in [0.29, 0.717) is 16.6 Å². The number of ether oxygens (including phenoxy) is 1. The summed E-state index contributed by atoms with van der Waals surface area (Å²) in [7, 11) is 1.59. The maximum atomic E-state index is 6.19. The number of fused-ring (bicyclic) bond motifs is 1. The van der Waals surface area contributed by atoms with Gasteiger partial charge in [-0.1, -0.05) is 17.7 Å². The number of aromatic nitrogens is 2. The van der Waals surface area contributed by atoms with Crippen molar-refractivity contribution >= 4 is 23.1 Å². The Balaban J connectivity index is 2.22. The quantitative estimate of drug-likeness (QED) is 0.784. The van der Waals surface area contributed by atoms with Gasteiger partial charge in [-0.15, -0.1) is 0 Å². The van der Waals surface area contributed by atoms with Gasteiger partial charge in [0.1, 0.15) is 22.9 Å². The molecular weight excluding hydrogens is 274 g/mol. The van der Waals surface area contributed by atoms with Gasteiger partial charge in [0.25, 0.3) is 0 Å². The molecule has 0 amide bonds. The molecule has 0 bridgehead atoms. The molecule has 0 aliphatic rings. The number of nitrogen functional groups attached to an aromatic ring is 1. The van der Waals surface area contributed by atoms with E-state index in [9.17, 15) is 0 Å². The van der Waals surface area contributed by atoms with Crippen LogP contribution >= 0.6 is 11.6 Å². The van der Waals surface area contributed by atoms with Gasteiger partial charge >= 0.3 is 0 Å². The molecule has 0 fully saturated rings. The van der Waals surface area contributed by atoms with Gasteiger partial charge in [-0.2, -0.15) is 0 Å². The van der Waals surface area contributed by atoms with Crippen LogP contribution in [-0.4, -0.2) is 16.5 Å². The number of anilines is 1. The minimum absolute atomic E-state index is 0.540. The monoisotopic (exact) mass is 287 g/mol. The number of benzene rings is 1. The Labute approximate surface area is 121 Å². The lowest BCUT2D eigenvalue weighted by molar-refractivity contribution is 0.415. The number of methoxy groups -OCH3 is 1. The van der Waals surface area contributed by atoms with Gasteiger partial charge in [0.15, 0.2) is 0 Å². The zero-order valence-corrected chi connectivity index (χ0v) is 12.0. The van der Waals surface area contributed by atoms with Crippen molar-refractivity contribution in [3.05, 3.63) is 47.1 Å². The number of imidazole rings is 1. The highest BCUT2D eigenvalue weighted by Gasteiger charge is 2.13. The largest absolute Gasteiger partial charge is 0.495 e. The third kappa shape index (κ3) is 1.89. The molecule has 2 aromatic heterocycles. The minimum Gasteiger partial charge on any atom is -0.495 e. The van der Waals surface area contributed by atoms with Crippen LogP contribution in [-0.2, 0) is 0 Å². The van der Waals surface area contributed by atoms with E-state index in [2.05, 4.69) is 4.98 Å². The molecule has 102 valence electrons. The smallest absolute Gasteiger partial charge is 0.142 e. The summed E-state index contributed by atoms with van der Waals surface area (Å²) in [4.78, 5) is 4.62. The lowest BCUT2D eigenvalue weighted by atomic mass is 10.1. The molecule has 0 aliphatic carbocycles. The summed E-state index contributed by atoms with van der Waals surface area (Å²) in [5, 5.41) is 0.540. The Morgan fingerprint density at radius 2 is 2.10 bits per heavy atom. The number of aryl methyl sites for hydroxylation is 1. The van der Waals surface area contributed by atoms with Crippen LogP contribution in [0.2, 0.25) is 5.02 Å². The third-order valence-corrected chi connectivity index (χ3v) is 3.60. The second-order valence-electron chi connectivity index (χ2n) is 4.58. The average Bonchev–Trinajstić information content (AvgIpc) is 2.78. The van der Waals surface area contributed by atoms with Crippen LogP contribution in [0.3, 0.4) is 0 Å². The summed E-state index contributed by atoms with van der Waals surface area (Å²) < 4.78 is 7.03. The predicted molar refractivity (Wildman–Crippen MR) is 81.3 cm³/mol. The molecule has 3 rings (SSSR count). The molecule has 0 saturated heterocycles. The Bertz CT molecular complexity index is 795. The van der Waals surface area contributed by atoms with Gasteiger partial charge in [-0.3, -0.25) is 4.40 Å². The molecule has 2 heterocycles. The SMILES string of the molecule is COc1ccc(-c2nc3c(C)cccn3c2N)cc1Cl. The molecule has 0 atom stereocenters. The van der Waals surface area contributed by atoms with E-state index in [1.165, 1.54) is 0 Å². The van der Waals surface area contributed by atoms with Gasteiger partial charge in [-0.25, -0.2) is 4.98 Å². The molecule has 0 saturated carbocycles. The Morgan fingerprint density at radius 3 is 2.75 bits per heavy atom. The van der Waals surface area contributed by atoms with E-state index in [1.807, 2.05) is 47.9 Å². The Morgan fingerprint density at radius 1 is 1.30 bits per heavy atom. The number of hydrogen-bond acceptors (Lipinski definition) is 3. The maximum Gasteiger partial charge on any atom is 0.142 e. The van der Waals surface area contributed by atoms with E-state index in [-0.39, 0.29) is 0 Å². The molecule has 20 heavy (non-hydrogen) atoms. The predicted octanol–water partition coefficient (Wildman–Crippen LogP) is 3.55. The average molecular weight is 288 g/mol. The summed E-state index contributed by atoms with van der Waals surface area (Å²) in [6.45, 7) is 2.01. The summed E-state index contributed by atoms with van der Waals surface area (Å²) >= 11 is 6.16. The second kappa shape index (κ2) is 4.72. The number of pyridine rings is 1. The second-order valence-corrected chi connectivity index (χ2v) is 4.99. The summed E-state index contributed by atoms with van der Waals surface area (Å²) in [6.07, 6.45) is 1.90. The fourth-order valence-electron chi connectivity index (χ4n) is 2.25. The zero-order chi connectivity index (χ0) is 14.3. The molecular formula is C15H14ClN3O. The standard InChI is InChI=1S/C15H14ClN3O/c1-9-4-3-7-19-14(17)13(18-15(9)19)10-5-6-12(20-2)11(16)8-10/h3-8H,17H2,1-2H3. The van der Waals surface area contributed by atoms with E-state index >= 15 is 0 Å². The van der Waals surface area contributed by atoms with Crippen molar-refractivity contribution in [3.8, 4) is 17.0 Å². The molecule has 0 unspecified atom stereocenters. The van der Waals surface area contributed by atoms with Gasteiger partial charge in [0, 0.05) is 11.8 Å². The van der Waals surface area contributed by atoms with Crippen molar-refractivity contribution in [1.82, 2.24) is 9.38 Å². The molecule has 3 aromatic rings. The first kappa shape index (κ1) is 12.8. The molecule has 4 nitrogen and oxygen atoms in total. The Hall–Kier alpha value is -2.20. The maximum absolute atomic E-state index is 6.19. The first-order chi connectivity index (χ1) is 9.61. The van der Waals surface area contributed by atoms with Crippen molar-refractivity contribution in [2.24, 2.45) is 0 Å². The van der Waals surface area contributed by atoms with Crippen LogP contribution in [0.4, 0.5) is 5.82 Å². The molecule has 0 radical (unpaired) electrons. The number of nitrogens with two attached hydrogens (primary N) is 1. The van der Waals surface area contributed by atoms with Crippen LogP contribution in [0.1, 0.15) is 5.56 Å². The third-order valence-electron chi connectivity index (χ3n) is 3.31.